The first-order chi connectivity index (χ1) is 17.3. The summed E-state index contributed by atoms with van der Waals surface area (Å²) >= 11 is 1.94. The van der Waals surface area contributed by atoms with E-state index in [9.17, 15) is 23.1 Å². The van der Waals surface area contributed by atoms with Gasteiger partial charge in [-0.1, -0.05) is 34.7 Å². The number of carbonyl (C=O) groups is 2. The molecule has 3 aromatic carbocycles. The van der Waals surface area contributed by atoms with Gasteiger partial charge in [0.05, 0.1) is 25.9 Å². The van der Waals surface area contributed by atoms with Gasteiger partial charge in [-0.25, -0.2) is 27.5 Å². The second kappa shape index (κ2) is 9.35. The highest BCUT2D eigenvalue weighted by molar-refractivity contribution is 14.1. The molecule has 5 rings (SSSR count). The van der Waals surface area contributed by atoms with E-state index in [1.165, 1.54) is 40.7 Å². The lowest BCUT2D eigenvalue weighted by molar-refractivity contribution is -0.113. The Kier molecular flexibility index (Phi) is 6.22. The highest BCUT2D eigenvalue weighted by Gasteiger charge is 2.38. The molecule has 0 aliphatic carbocycles. The molecule has 10 nitrogen and oxygen atoms in total. The molecule has 1 aliphatic heterocycles. The molecule has 36 heavy (non-hydrogen) atoms. The lowest BCUT2D eigenvalue weighted by Crippen LogP contribution is -2.34. The van der Waals surface area contributed by atoms with Crippen molar-refractivity contribution in [1.29, 1.82) is 0 Å². The van der Waals surface area contributed by atoms with Crippen LogP contribution >= 0.6 is 22.6 Å². The van der Waals surface area contributed by atoms with Crippen molar-refractivity contribution in [2.24, 2.45) is 0 Å². The van der Waals surface area contributed by atoms with Gasteiger partial charge in [0.15, 0.2) is 11.6 Å². The second-order valence-corrected chi connectivity index (χ2v) is 10.5. The van der Waals surface area contributed by atoms with Crippen molar-refractivity contribution >= 4 is 78.5 Å². The maximum absolute atomic E-state index is 13.7. The van der Waals surface area contributed by atoms with Crippen molar-refractivity contribution in [3.8, 4) is 0 Å². The lowest BCUT2D eigenvalue weighted by atomic mass is 10.2. The quantitative estimate of drug-likeness (QED) is 0.246. The summed E-state index contributed by atoms with van der Waals surface area (Å²) in [5.74, 6) is -0.743. The van der Waals surface area contributed by atoms with E-state index in [1.54, 1.807) is 35.2 Å². The number of anilines is 4. The molecule has 12 heteroatoms. The zero-order valence-electron chi connectivity index (χ0n) is 18.5. The number of alkyl halides is 1. The van der Waals surface area contributed by atoms with Crippen LogP contribution in [0.25, 0.3) is 11.0 Å². The summed E-state index contributed by atoms with van der Waals surface area (Å²) in [5.41, 5.74) is 2.31. The third-order valence-electron chi connectivity index (χ3n) is 5.57. The number of aromatic carboxylic acids is 1. The molecule has 0 radical (unpaired) electrons. The smallest absolute Gasteiger partial charge is 0.335 e. The largest absolute Gasteiger partial charge is 0.478 e. The van der Waals surface area contributed by atoms with E-state index < -0.39 is 16.0 Å². The number of nitrogens with one attached hydrogen (secondary N) is 1. The molecular formula is C24H18IN5O5S. The van der Waals surface area contributed by atoms with Gasteiger partial charge in [-0.3, -0.25) is 4.79 Å². The summed E-state index contributed by atoms with van der Waals surface area (Å²) in [6.07, 6.45) is 0. The van der Waals surface area contributed by atoms with Crippen molar-refractivity contribution in [3.05, 3.63) is 78.4 Å². The monoisotopic (exact) mass is 615 g/mol. The third-order valence-corrected chi connectivity index (χ3v) is 8.00. The number of aromatic nitrogens is 2. The van der Waals surface area contributed by atoms with E-state index in [4.69, 9.17) is 0 Å². The van der Waals surface area contributed by atoms with Gasteiger partial charge in [0.1, 0.15) is 6.67 Å². The van der Waals surface area contributed by atoms with Crippen molar-refractivity contribution in [2.45, 2.75) is 4.90 Å². The number of amides is 1. The molecule has 182 valence electrons. The highest BCUT2D eigenvalue weighted by Crippen LogP contribution is 2.41. The maximum Gasteiger partial charge on any atom is 0.335 e. The van der Waals surface area contributed by atoms with Gasteiger partial charge in [0, 0.05) is 11.4 Å². The Morgan fingerprint density at radius 2 is 1.53 bits per heavy atom. The molecule has 1 amide bonds. The molecule has 2 heterocycles. The number of halogens is 1. The van der Waals surface area contributed by atoms with Crippen molar-refractivity contribution in [3.63, 3.8) is 0 Å². The average Bonchev–Trinajstić information content (AvgIpc) is 3.26. The van der Waals surface area contributed by atoms with Crippen LogP contribution in [-0.2, 0) is 14.8 Å². The third kappa shape index (κ3) is 4.33. The molecule has 2 N–H and O–H groups in total. The molecule has 0 saturated heterocycles. The van der Waals surface area contributed by atoms with Crippen LogP contribution in [0.2, 0.25) is 0 Å². The maximum atomic E-state index is 13.7. The normalized spacial score (nSPS) is 13.0. The minimum atomic E-state index is -4.05. The van der Waals surface area contributed by atoms with Crippen molar-refractivity contribution in [2.75, 3.05) is 25.6 Å². The summed E-state index contributed by atoms with van der Waals surface area (Å²) in [7, 11) is -4.05. The Labute approximate surface area is 219 Å². The van der Waals surface area contributed by atoms with Crippen LogP contribution in [0.4, 0.5) is 23.0 Å². The first-order valence-electron chi connectivity index (χ1n) is 10.6. The number of hydrogen-bond donors (Lipinski definition) is 2. The summed E-state index contributed by atoms with van der Waals surface area (Å²) < 4.78 is 28.9. The van der Waals surface area contributed by atoms with E-state index in [2.05, 4.69) is 15.3 Å². The zero-order chi connectivity index (χ0) is 25.4. The number of carboxylic acids is 1. The number of benzene rings is 3. The first-order valence-corrected chi connectivity index (χ1v) is 13.6. The van der Waals surface area contributed by atoms with Crippen LogP contribution in [0, 0.1) is 0 Å². The van der Waals surface area contributed by atoms with Gasteiger partial charge < -0.3 is 15.3 Å². The molecule has 4 aromatic rings. The van der Waals surface area contributed by atoms with Crippen molar-refractivity contribution in [1.82, 2.24) is 9.97 Å². The minimum absolute atomic E-state index is 0.0268. The lowest BCUT2D eigenvalue weighted by Gasteiger charge is -2.21. The molecular weight excluding hydrogens is 597 g/mol. The molecule has 1 aliphatic rings. The molecule has 1 aromatic heterocycles. The zero-order valence-corrected chi connectivity index (χ0v) is 21.5. The van der Waals surface area contributed by atoms with E-state index in [-0.39, 0.29) is 33.3 Å². The second-order valence-electron chi connectivity index (χ2n) is 7.84. The number of carboxylic acid groups (broad SMARTS) is 1. The SMILES string of the molecule is O=C(CI)Nc1ccc(S(=O)(=O)N2CN(c3ccc(C(=O)O)cc3)c3nc4ccccc4nc32)cc1. The average molecular weight is 615 g/mol. The van der Waals surface area contributed by atoms with Crippen LogP contribution in [0.3, 0.4) is 0 Å². The fourth-order valence-electron chi connectivity index (χ4n) is 3.80. The Bertz CT molecular complexity index is 1590. The summed E-state index contributed by atoms with van der Waals surface area (Å²) in [6.45, 7) is -0.103. The number of para-hydroxylation sites is 2. The Morgan fingerprint density at radius 1 is 0.917 bits per heavy atom. The van der Waals surface area contributed by atoms with E-state index >= 15 is 0 Å². The highest BCUT2D eigenvalue weighted by atomic mass is 127. The van der Waals surface area contributed by atoms with Crippen LogP contribution in [-0.4, -0.2) is 46.5 Å². The van der Waals surface area contributed by atoms with Gasteiger partial charge in [0.25, 0.3) is 10.0 Å². The predicted molar refractivity (Wildman–Crippen MR) is 144 cm³/mol. The summed E-state index contributed by atoms with van der Waals surface area (Å²) in [6, 6.07) is 19.2. The standard InChI is InChI=1S/C24H18IN5O5S/c25-13-21(31)26-16-7-11-18(12-8-16)36(34,35)30-14-29(17-9-5-15(6-10-17)24(32)33)22-23(30)28-20-4-2-1-3-19(20)27-22/h1-12H,13-14H2,(H,26,31)(H,32,33). The Hall–Kier alpha value is -3.78. The predicted octanol–water partition coefficient (Wildman–Crippen LogP) is 4.01. The number of rotatable bonds is 6. The van der Waals surface area contributed by atoms with Gasteiger partial charge in [-0.15, -0.1) is 0 Å². The number of fused-ring (bicyclic) bond motifs is 2. The first kappa shape index (κ1) is 23.9. The van der Waals surface area contributed by atoms with E-state index in [0.29, 0.717) is 28.2 Å². The van der Waals surface area contributed by atoms with Gasteiger partial charge in [0.2, 0.25) is 5.91 Å². The van der Waals surface area contributed by atoms with Crippen LogP contribution in [0.5, 0.6) is 0 Å². The molecule has 0 atom stereocenters. The van der Waals surface area contributed by atoms with Crippen LogP contribution < -0.4 is 14.5 Å². The van der Waals surface area contributed by atoms with Gasteiger partial charge in [-0.05, 0) is 60.7 Å². The fourth-order valence-corrected chi connectivity index (χ4v) is 5.34. The summed E-state index contributed by atoms with van der Waals surface area (Å²) in [4.78, 5) is 33.9. The van der Waals surface area contributed by atoms with E-state index in [0.717, 1.165) is 0 Å². The van der Waals surface area contributed by atoms with E-state index in [1.807, 2.05) is 28.7 Å². The topological polar surface area (TPSA) is 133 Å². The number of hydrogen-bond acceptors (Lipinski definition) is 7. The molecule has 0 fully saturated rings. The molecule has 0 unspecified atom stereocenters. The van der Waals surface area contributed by atoms with Crippen LogP contribution in [0.1, 0.15) is 10.4 Å². The Balaban J connectivity index is 1.57. The van der Waals surface area contributed by atoms with Gasteiger partial charge >= 0.3 is 5.97 Å². The molecule has 0 bridgehead atoms. The summed E-state index contributed by atoms with van der Waals surface area (Å²) in [5, 5.41) is 11.9. The molecule has 0 saturated carbocycles. The minimum Gasteiger partial charge on any atom is -0.478 e. The fraction of sp³-hybridized carbons (Fsp3) is 0.0833. The number of nitrogens with zero attached hydrogens (tertiary/aromatic N) is 4. The van der Waals surface area contributed by atoms with Gasteiger partial charge in [-0.2, -0.15) is 0 Å². The van der Waals surface area contributed by atoms with Crippen molar-refractivity contribution < 1.29 is 23.1 Å². The Morgan fingerprint density at radius 3 is 2.11 bits per heavy atom. The number of carbonyl (C=O) groups excluding carboxylic acids is 1. The molecule has 0 spiro atoms. The van der Waals surface area contributed by atoms with Crippen LogP contribution in [0.15, 0.2) is 77.7 Å². The number of sulfonamides is 1.